The first-order chi connectivity index (χ1) is 15.0. The Bertz CT molecular complexity index is 1180. The molecule has 1 unspecified atom stereocenters. The predicted molar refractivity (Wildman–Crippen MR) is 134 cm³/mol. The standard InChI is InChI=1S/C31H36.Zr/c1-29(2,3)23-13-14-24-21(19-23)20-26-25(24)15-16-27(30(4,5)6)28(26)31(17-9-10-18-31)22-11-7-8-12-22;/h7-8,11,13-16,19H,9-10,12,17,20H2,1-6H3;/q;+2. The van der Waals surface area contributed by atoms with Crippen LogP contribution in [0.2, 0.25) is 0 Å². The zero-order chi connectivity index (χ0) is 22.9. The van der Waals surface area contributed by atoms with E-state index in [0.29, 0.717) is 0 Å². The molecule has 1 saturated carbocycles. The fourth-order valence-electron chi connectivity index (χ4n) is 6.31. The average Bonchev–Trinajstić information content (AvgIpc) is 3.44. The van der Waals surface area contributed by atoms with Gasteiger partial charge in [-0.05, 0) is 0 Å². The first-order valence-corrected chi connectivity index (χ1v) is 13.5. The minimum absolute atomic E-state index is 0.133. The van der Waals surface area contributed by atoms with Crippen molar-refractivity contribution in [2.75, 3.05) is 0 Å². The molecule has 0 aliphatic heterocycles. The summed E-state index contributed by atoms with van der Waals surface area (Å²) in [6.45, 7) is 14.2. The van der Waals surface area contributed by atoms with Crippen LogP contribution in [0.15, 0.2) is 54.1 Å². The van der Waals surface area contributed by atoms with E-state index in [1.54, 1.807) is 49.7 Å². The van der Waals surface area contributed by atoms with Crippen molar-refractivity contribution in [2.24, 2.45) is 0 Å². The van der Waals surface area contributed by atoms with Crippen LogP contribution in [0.1, 0.15) is 95.0 Å². The van der Waals surface area contributed by atoms with E-state index in [-0.39, 0.29) is 16.2 Å². The Morgan fingerprint density at radius 1 is 0.906 bits per heavy atom. The number of allylic oxidation sites excluding steroid dienone is 4. The molecule has 1 atom stereocenters. The molecule has 2 aromatic carbocycles. The summed E-state index contributed by atoms with van der Waals surface area (Å²) in [7, 11) is 0. The molecule has 0 bridgehead atoms. The minimum atomic E-state index is 0.133. The first kappa shape index (κ1) is 22.5. The second-order valence-electron chi connectivity index (χ2n) is 12.1. The van der Waals surface area contributed by atoms with Gasteiger partial charge in [-0.25, -0.2) is 0 Å². The summed E-state index contributed by atoms with van der Waals surface area (Å²) in [5, 5.41) is 0. The van der Waals surface area contributed by atoms with E-state index in [4.69, 9.17) is 0 Å². The van der Waals surface area contributed by atoms with Crippen molar-refractivity contribution in [3.8, 4) is 11.1 Å². The Kier molecular flexibility index (Phi) is 5.33. The second-order valence-corrected chi connectivity index (χ2v) is 13.6. The van der Waals surface area contributed by atoms with Crippen LogP contribution in [0.3, 0.4) is 0 Å². The monoisotopic (exact) mass is 498 g/mol. The molecule has 1 heteroatoms. The van der Waals surface area contributed by atoms with E-state index in [1.807, 2.05) is 0 Å². The maximum atomic E-state index is 2.50. The van der Waals surface area contributed by atoms with Gasteiger partial charge in [0.05, 0.1) is 0 Å². The fraction of sp³-hybridized carbons (Fsp3) is 0.452. The van der Waals surface area contributed by atoms with Gasteiger partial charge in [-0.1, -0.05) is 0 Å². The summed E-state index contributed by atoms with van der Waals surface area (Å²) in [4.78, 5) is 0. The summed E-state index contributed by atoms with van der Waals surface area (Å²) < 4.78 is 1.77. The molecule has 0 spiro atoms. The molecule has 0 aromatic heterocycles. The number of hydrogen-bond acceptors (Lipinski definition) is 0. The van der Waals surface area contributed by atoms with Gasteiger partial charge in [-0.3, -0.25) is 0 Å². The third-order valence-corrected chi connectivity index (χ3v) is 9.65. The van der Waals surface area contributed by atoms with Gasteiger partial charge < -0.3 is 0 Å². The third kappa shape index (κ3) is 3.37. The molecule has 3 aliphatic rings. The topological polar surface area (TPSA) is 0 Å². The number of hydrogen-bond donors (Lipinski definition) is 0. The molecule has 32 heavy (non-hydrogen) atoms. The zero-order valence-electron chi connectivity index (χ0n) is 20.7. The number of benzene rings is 2. The fourth-order valence-corrected chi connectivity index (χ4v) is 7.75. The number of fused-ring (bicyclic) bond motifs is 3. The molecule has 0 amide bonds. The van der Waals surface area contributed by atoms with E-state index in [9.17, 15) is 0 Å². The van der Waals surface area contributed by atoms with Crippen molar-refractivity contribution in [3.63, 3.8) is 0 Å². The van der Waals surface area contributed by atoms with Gasteiger partial charge in [0, 0.05) is 0 Å². The van der Waals surface area contributed by atoms with Crippen molar-refractivity contribution in [3.05, 3.63) is 82.0 Å². The molecule has 0 N–H and O–H groups in total. The maximum absolute atomic E-state index is 2.50. The van der Waals surface area contributed by atoms with E-state index in [2.05, 4.69) is 90.1 Å². The van der Waals surface area contributed by atoms with Crippen molar-refractivity contribution >= 4 is 3.21 Å². The van der Waals surface area contributed by atoms with Crippen LogP contribution < -0.4 is 0 Å². The average molecular weight is 500 g/mol. The van der Waals surface area contributed by atoms with E-state index >= 15 is 0 Å². The summed E-state index contributed by atoms with van der Waals surface area (Å²) in [5.74, 6) is 0. The van der Waals surface area contributed by atoms with Gasteiger partial charge in [0.15, 0.2) is 0 Å². The van der Waals surface area contributed by atoms with E-state index in [0.717, 1.165) is 12.8 Å². The Hall–Kier alpha value is -1.33. The van der Waals surface area contributed by atoms with Gasteiger partial charge >= 0.3 is 210 Å². The van der Waals surface area contributed by atoms with Crippen molar-refractivity contribution in [2.45, 2.75) is 89.9 Å². The third-order valence-electron chi connectivity index (χ3n) is 7.99. The van der Waals surface area contributed by atoms with Crippen molar-refractivity contribution in [1.29, 1.82) is 0 Å². The second kappa shape index (κ2) is 7.60. The van der Waals surface area contributed by atoms with E-state index < -0.39 is 0 Å². The molecule has 1 fully saturated rings. The van der Waals surface area contributed by atoms with Crippen LogP contribution in [0.5, 0.6) is 0 Å². The predicted octanol–water partition coefficient (Wildman–Crippen LogP) is 7.88. The molecular formula is C31H36Zr+2. The van der Waals surface area contributed by atoms with Gasteiger partial charge in [0.2, 0.25) is 0 Å². The molecule has 0 heterocycles. The van der Waals surface area contributed by atoms with Gasteiger partial charge in [-0.15, -0.1) is 0 Å². The molecular weight excluding hydrogens is 464 g/mol. The van der Waals surface area contributed by atoms with Crippen LogP contribution in [0.25, 0.3) is 11.1 Å². The SMILES string of the molecule is CC(C)(C)c1ccc2c(c1)Cc1c-2ccc(C(C)(C)C)c1C1(C2=CC=CC2)CCC[C]1=[Zr+2]. The Balaban J connectivity index is 1.78. The van der Waals surface area contributed by atoms with Crippen LogP contribution >= 0.6 is 0 Å². The van der Waals surface area contributed by atoms with E-state index in [1.165, 1.54) is 41.5 Å². The molecule has 5 rings (SSSR count). The van der Waals surface area contributed by atoms with Crippen LogP contribution in [-0.2, 0) is 46.9 Å². The van der Waals surface area contributed by atoms with Gasteiger partial charge in [-0.2, -0.15) is 0 Å². The summed E-state index contributed by atoms with van der Waals surface area (Å²) >= 11 is 1.63. The molecule has 0 radical (unpaired) electrons. The quantitative estimate of drug-likeness (QED) is 0.336. The molecule has 0 saturated heterocycles. The summed E-state index contributed by atoms with van der Waals surface area (Å²) in [6.07, 6.45) is 13.2. The van der Waals surface area contributed by atoms with Crippen LogP contribution in [-0.4, -0.2) is 3.21 Å². The Morgan fingerprint density at radius 3 is 2.25 bits per heavy atom. The van der Waals surface area contributed by atoms with Crippen molar-refractivity contribution < 1.29 is 24.2 Å². The van der Waals surface area contributed by atoms with Gasteiger partial charge in [0.25, 0.3) is 0 Å². The zero-order valence-corrected chi connectivity index (χ0v) is 23.1. The first-order valence-electron chi connectivity index (χ1n) is 12.3. The normalized spacial score (nSPS) is 22.4. The number of rotatable bonds is 2. The molecule has 3 aliphatic carbocycles. The van der Waals surface area contributed by atoms with Gasteiger partial charge in [0.1, 0.15) is 0 Å². The Labute approximate surface area is 209 Å². The Morgan fingerprint density at radius 2 is 1.66 bits per heavy atom. The van der Waals surface area contributed by atoms with Crippen LogP contribution in [0.4, 0.5) is 0 Å². The summed E-state index contributed by atoms with van der Waals surface area (Å²) in [6, 6.07) is 12.2. The van der Waals surface area contributed by atoms with Crippen LogP contribution in [0, 0.1) is 0 Å². The van der Waals surface area contributed by atoms with Crippen molar-refractivity contribution in [1.82, 2.24) is 0 Å². The molecule has 0 nitrogen and oxygen atoms in total. The summed E-state index contributed by atoms with van der Waals surface area (Å²) in [5.41, 5.74) is 12.9. The molecule has 2 aromatic rings. The molecule has 162 valence electrons.